The quantitative estimate of drug-likeness (QED) is 0.441. The van der Waals surface area contributed by atoms with Crippen LogP contribution in [0, 0.1) is 0 Å². The van der Waals surface area contributed by atoms with E-state index in [1.807, 2.05) is 12.3 Å². The average molecular weight is 346 g/mol. The maximum atomic E-state index is 4.74. The van der Waals surface area contributed by atoms with Crippen molar-refractivity contribution in [1.82, 2.24) is 4.98 Å². The average Bonchev–Trinajstić information content (AvgIpc) is 3.37. The van der Waals surface area contributed by atoms with Crippen LogP contribution in [0.2, 0.25) is 0 Å². The molecule has 1 fully saturated rings. The lowest BCUT2D eigenvalue weighted by atomic mass is 9.91. The summed E-state index contributed by atoms with van der Waals surface area (Å²) in [6, 6.07) is 34.8. The number of hydrogen-bond acceptors (Lipinski definition) is 2. The number of fused-ring (bicyclic) bond motifs is 5. The minimum Gasteiger partial charge on any atom is -0.343 e. The molecule has 0 saturated carbocycles. The van der Waals surface area contributed by atoms with Gasteiger partial charge in [0.15, 0.2) is 0 Å². The molecule has 3 aromatic carbocycles. The Morgan fingerprint density at radius 3 is 1.85 bits per heavy atom. The fraction of sp³-hybridized carbons (Fsp3) is 0.0800. The third-order valence-corrected chi connectivity index (χ3v) is 5.93. The molecule has 1 aromatic heterocycles. The summed E-state index contributed by atoms with van der Waals surface area (Å²) < 4.78 is 0. The highest BCUT2D eigenvalue weighted by molar-refractivity contribution is 5.88. The van der Waals surface area contributed by atoms with Crippen LogP contribution >= 0.6 is 0 Å². The minimum atomic E-state index is -0.178. The van der Waals surface area contributed by atoms with E-state index < -0.39 is 0 Å². The number of hydrogen-bond donors (Lipinski definition) is 0. The third-order valence-electron chi connectivity index (χ3n) is 5.93. The van der Waals surface area contributed by atoms with Gasteiger partial charge in [0.05, 0.1) is 5.69 Å². The summed E-state index contributed by atoms with van der Waals surface area (Å²) in [5.74, 6) is 0. The lowest BCUT2D eigenvalue weighted by Gasteiger charge is -2.15. The normalized spacial score (nSPS) is 18.2. The zero-order chi connectivity index (χ0) is 17.8. The van der Waals surface area contributed by atoms with E-state index in [-0.39, 0.29) is 11.6 Å². The van der Waals surface area contributed by atoms with Gasteiger partial charge in [-0.15, -0.1) is 0 Å². The smallest absolute Gasteiger partial charge is 0.119 e. The van der Waals surface area contributed by atoms with Crippen molar-refractivity contribution in [3.63, 3.8) is 0 Å². The summed E-state index contributed by atoms with van der Waals surface area (Å²) in [7, 11) is 0. The van der Waals surface area contributed by atoms with Crippen LogP contribution in [-0.2, 0) is 5.54 Å². The molecule has 2 heteroatoms. The number of benzene rings is 3. The van der Waals surface area contributed by atoms with Gasteiger partial charge in [0.1, 0.15) is 11.6 Å². The van der Waals surface area contributed by atoms with Crippen LogP contribution < -0.4 is 4.90 Å². The number of nitrogens with zero attached hydrogens (tertiary/aromatic N) is 2. The number of pyridine rings is 1. The van der Waals surface area contributed by atoms with Gasteiger partial charge in [-0.3, -0.25) is 4.98 Å². The van der Waals surface area contributed by atoms with Gasteiger partial charge in [-0.2, -0.15) is 0 Å². The molecule has 1 saturated heterocycles. The van der Waals surface area contributed by atoms with Crippen molar-refractivity contribution in [3.05, 3.63) is 120 Å². The molecule has 2 heterocycles. The van der Waals surface area contributed by atoms with Gasteiger partial charge in [0, 0.05) is 11.9 Å². The van der Waals surface area contributed by atoms with E-state index in [1.54, 1.807) is 0 Å². The molecule has 4 aromatic rings. The number of rotatable bonds is 2. The molecular weight excluding hydrogens is 328 g/mol. The standard InChI is InChI=1S/C25H18N2/c1-2-10-18(11-3-1)27-24(23-16-8-9-17-26-23)25(27)21-14-6-4-12-19(21)20-13-5-7-15-22(20)25/h1-17,24H. The van der Waals surface area contributed by atoms with Crippen LogP contribution in [0.25, 0.3) is 11.1 Å². The number of anilines is 1. The van der Waals surface area contributed by atoms with Crippen LogP contribution in [0.3, 0.4) is 0 Å². The highest BCUT2D eigenvalue weighted by Crippen LogP contribution is 2.70. The molecular formula is C25H18N2. The van der Waals surface area contributed by atoms with E-state index in [0.29, 0.717) is 0 Å². The second-order valence-corrected chi connectivity index (χ2v) is 7.22. The Balaban J connectivity index is 1.67. The van der Waals surface area contributed by atoms with Crippen LogP contribution in [-0.4, -0.2) is 4.98 Å². The monoisotopic (exact) mass is 346 g/mol. The Kier molecular flexibility index (Phi) is 2.90. The van der Waals surface area contributed by atoms with Crippen molar-refractivity contribution in [1.29, 1.82) is 0 Å². The summed E-state index contributed by atoms with van der Waals surface area (Å²) in [5, 5.41) is 0. The fourth-order valence-electron chi connectivity index (χ4n) is 4.92. The van der Waals surface area contributed by atoms with Crippen LogP contribution in [0.4, 0.5) is 5.69 Å². The molecule has 0 bridgehead atoms. The molecule has 0 amide bonds. The lowest BCUT2D eigenvalue weighted by molar-refractivity contribution is 0.812. The third kappa shape index (κ3) is 1.82. The SMILES string of the molecule is c1ccc(N2C(c3ccccn3)C23c2ccccc2-c2ccccc23)cc1. The first-order chi connectivity index (χ1) is 13.4. The van der Waals surface area contributed by atoms with E-state index >= 15 is 0 Å². The maximum Gasteiger partial charge on any atom is 0.119 e. The molecule has 0 N–H and O–H groups in total. The van der Waals surface area contributed by atoms with Crippen LogP contribution in [0.1, 0.15) is 22.9 Å². The molecule has 6 rings (SSSR count). The molecule has 27 heavy (non-hydrogen) atoms. The van der Waals surface area contributed by atoms with Crippen molar-refractivity contribution in [2.45, 2.75) is 11.6 Å². The van der Waals surface area contributed by atoms with Crippen LogP contribution in [0.5, 0.6) is 0 Å². The Morgan fingerprint density at radius 1 is 0.630 bits per heavy atom. The Hall–Kier alpha value is -3.39. The minimum absolute atomic E-state index is 0.178. The maximum absolute atomic E-state index is 4.74. The topological polar surface area (TPSA) is 15.9 Å². The second-order valence-electron chi connectivity index (χ2n) is 7.22. The first-order valence-electron chi connectivity index (χ1n) is 9.37. The number of para-hydroxylation sites is 1. The Bertz CT molecular complexity index is 1040. The van der Waals surface area contributed by atoms with Gasteiger partial charge in [-0.1, -0.05) is 72.8 Å². The highest BCUT2D eigenvalue weighted by Gasteiger charge is 2.69. The Morgan fingerprint density at radius 2 is 1.22 bits per heavy atom. The van der Waals surface area contributed by atoms with Crippen LogP contribution in [0.15, 0.2) is 103 Å². The molecule has 1 spiro atoms. The summed E-state index contributed by atoms with van der Waals surface area (Å²) >= 11 is 0. The molecule has 128 valence electrons. The van der Waals surface area contributed by atoms with Crippen molar-refractivity contribution in [3.8, 4) is 11.1 Å². The summed E-state index contributed by atoms with van der Waals surface area (Å²) in [6.45, 7) is 0. The lowest BCUT2D eigenvalue weighted by Crippen LogP contribution is -2.14. The molecule has 2 nitrogen and oxygen atoms in total. The summed E-state index contributed by atoms with van der Waals surface area (Å²) in [6.07, 6.45) is 1.90. The van der Waals surface area contributed by atoms with Crippen molar-refractivity contribution in [2.75, 3.05) is 4.90 Å². The predicted molar refractivity (Wildman–Crippen MR) is 109 cm³/mol. The second kappa shape index (κ2) is 5.31. The largest absolute Gasteiger partial charge is 0.343 e. The van der Waals surface area contributed by atoms with Gasteiger partial charge >= 0.3 is 0 Å². The van der Waals surface area contributed by atoms with Crippen molar-refractivity contribution < 1.29 is 0 Å². The van der Waals surface area contributed by atoms with Gasteiger partial charge < -0.3 is 4.90 Å². The van der Waals surface area contributed by atoms with Crippen molar-refractivity contribution >= 4 is 5.69 Å². The van der Waals surface area contributed by atoms with E-state index in [0.717, 1.165) is 5.69 Å². The molecule has 1 unspecified atom stereocenters. The number of aromatic nitrogens is 1. The molecule has 1 aliphatic carbocycles. The van der Waals surface area contributed by atoms with Gasteiger partial charge in [0.2, 0.25) is 0 Å². The van der Waals surface area contributed by atoms with Gasteiger partial charge in [-0.05, 0) is 46.5 Å². The highest BCUT2D eigenvalue weighted by atomic mass is 15.4. The molecule has 2 aliphatic rings. The first-order valence-corrected chi connectivity index (χ1v) is 9.37. The predicted octanol–water partition coefficient (Wildman–Crippen LogP) is 5.57. The zero-order valence-electron chi connectivity index (χ0n) is 14.8. The van der Waals surface area contributed by atoms with E-state index in [9.17, 15) is 0 Å². The van der Waals surface area contributed by atoms with E-state index in [4.69, 9.17) is 4.98 Å². The summed E-state index contributed by atoms with van der Waals surface area (Å²) in [5.41, 5.74) is 7.62. The van der Waals surface area contributed by atoms with Gasteiger partial charge in [0.25, 0.3) is 0 Å². The van der Waals surface area contributed by atoms with Gasteiger partial charge in [-0.25, -0.2) is 0 Å². The summed E-state index contributed by atoms with van der Waals surface area (Å²) in [4.78, 5) is 7.27. The molecule has 1 aliphatic heterocycles. The van der Waals surface area contributed by atoms with Crippen molar-refractivity contribution in [2.24, 2.45) is 0 Å². The van der Waals surface area contributed by atoms with E-state index in [2.05, 4.69) is 95.9 Å². The first kappa shape index (κ1) is 14.7. The Labute approximate surface area is 158 Å². The van der Waals surface area contributed by atoms with E-state index in [1.165, 1.54) is 27.9 Å². The molecule has 1 atom stereocenters. The molecule has 0 radical (unpaired) electrons. The zero-order valence-corrected chi connectivity index (χ0v) is 14.8. The fourth-order valence-corrected chi connectivity index (χ4v) is 4.92.